The van der Waals surface area contributed by atoms with Gasteiger partial charge in [-0.25, -0.2) is 0 Å². The van der Waals surface area contributed by atoms with Crippen molar-refractivity contribution >= 4 is 0 Å². The van der Waals surface area contributed by atoms with Crippen LogP contribution in [0.5, 0.6) is 0 Å². The smallest absolute Gasteiger partial charge is 0.141 e. The summed E-state index contributed by atoms with van der Waals surface area (Å²) in [6.45, 7) is -0.385. The lowest BCUT2D eigenvalue weighted by molar-refractivity contribution is -0.928. The summed E-state index contributed by atoms with van der Waals surface area (Å²) in [6.07, 6.45) is -1.92. The molecule has 1 aliphatic rings. The first-order valence-electron chi connectivity index (χ1n) is 4.38. The normalized spacial score (nSPS) is 40.7. The summed E-state index contributed by atoms with van der Waals surface area (Å²) in [5.41, 5.74) is 0. The van der Waals surface area contributed by atoms with Crippen LogP contribution in [0.3, 0.4) is 0 Å². The molecular formula is C8H18BrNO4. The molecule has 1 rings (SSSR count). The predicted octanol–water partition coefficient (Wildman–Crippen LogP) is -5.48. The van der Waals surface area contributed by atoms with Crippen molar-refractivity contribution < 1.29 is 41.9 Å². The van der Waals surface area contributed by atoms with Gasteiger partial charge in [-0.15, -0.1) is 0 Å². The second-order valence-corrected chi connectivity index (χ2v) is 4.11. The van der Waals surface area contributed by atoms with Gasteiger partial charge in [-0.05, 0) is 0 Å². The lowest BCUT2D eigenvalue weighted by Crippen LogP contribution is -3.00. The van der Waals surface area contributed by atoms with Crippen molar-refractivity contribution in [2.24, 2.45) is 0 Å². The highest BCUT2D eigenvalue weighted by molar-refractivity contribution is 4.90. The minimum atomic E-state index is -0.961. The van der Waals surface area contributed by atoms with Crippen LogP contribution >= 0.6 is 0 Å². The Kier molecular flexibility index (Phi) is 4.97. The van der Waals surface area contributed by atoms with Gasteiger partial charge >= 0.3 is 0 Å². The van der Waals surface area contributed by atoms with Gasteiger partial charge in [0.15, 0.2) is 0 Å². The Labute approximate surface area is 93.9 Å². The van der Waals surface area contributed by atoms with E-state index in [0.717, 1.165) is 0 Å². The Bertz CT molecular complexity index is 172. The van der Waals surface area contributed by atoms with Crippen LogP contribution in [0.15, 0.2) is 0 Å². The highest BCUT2D eigenvalue weighted by Gasteiger charge is 2.55. The zero-order valence-corrected chi connectivity index (χ0v) is 9.92. The van der Waals surface area contributed by atoms with Gasteiger partial charge in [-0.3, -0.25) is 0 Å². The van der Waals surface area contributed by atoms with E-state index in [1.165, 1.54) is 0 Å². The zero-order valence-electron chi connectivity index (χ0n) is 8.34. The quantitative estimate of drug-likeness (QED) is 0.378. The SMILES string of the molecule is C[N+]1(C)[C@@H](CO)[C@H](O)[C@@H](O)[C@@H]1CO.[Br-]. The molecule has 86 valence electrons. The molecule has 1 aliphatic heterocycles. The number of aliphatic hydroxyl groups excluding tert-OH is 4. The molecule has 0 unspecified atom stereocenters. The number of likely N-dealkylation sites (tertiary alicyclic amines) is 1. The Morgan fingerprint density at radius 2 is 1.21 bits per heavy atom. The van der Waals surface area contributed by atoms with E-state index >= 15 is 0 Å². The molecule has 1 fully saturated rings. The Balaban J connectivity index is 0.00000169. The van der Waals surface area contributed by atoms with E-state index in [1.54, 1.807) is 14.1 Å². The largest absolute Gasteiger partial charge is 1.00 e. The second-order valence-electron chi connectivity index (χ2n) is 4.11. The first-order chi connectivity index (χ1) is 5.96. The maximum atomic E-state index is 9.56. The van der Waals surface area contributed by atoms with Crippen LogP contribution in [-0.2, 0) is 0 Å². The van der Waals surface area contributed by atoms with Crippen molar-refractivity contribution in [2.75, 3.05) is 27.3 Å². The van der Waals surface area contributed by atoms with Crippen LogP contribution in [0.2, 0.25) is 0 Å². The fourth-order valence-corrected chi connectivity index (χ4v) is 2.13. The van der Waals surface area contributed by atoms with E-state index in [0.29, 0.717) is 0 Å². The minimum absolute atomic E-state index is 0. The molecule has 0 aliphatic carbocycles. The lowest BCUT2D eigenvalue weighted by atomic mass is 10.1. The molecule has 1 heterocycles. The van der Waals surface area contributed by atoms with Crippen molar-refractivity contribution in [1.29, 1.82) is 0 Å². The minimum Gasteiger partial charge on any atom is -1.00 e. The van der Waals surface area contributed by atoms with Crippen molar-refractivity contribution in [3.8, 4) is 0 Å². The number of hydrogen-bond donors (Lipinski definition) is 4. The van der Waals surface area contributed by atoms with Crippen molar-refractivity contribution in [2.45, 2.75) is 24.3 Å². The van der Waals surface area contributed by atoms with Crippen LogP contribution < -0.4 is 17.0 Å². The van der Waals surface area contributed by atoms with Gasteiger partial charge in [0.1, 0.15) is 24.3 Å². The molecular weight excluding hydrogens is 254 g/mol. The van der Waals surface area contributed by atoms with Gasteiger partial charge < -0.3 is 41.9 Å². The van der Waals surface area contributed by atoms with E-state index in [4.69, 9.17) is 10.2 Å². The Hall–Kier alpha value is 0.280. The average Bonchev–Trinajstić information content (AvgIpc) is 2.20. The topological polar surface area (TPSA) is 80.9 Å². The van der Waals surface area contributed by atoms with Gasteiger partial charge in [0.05, 0.1) is 27.3 Å². The molecule has 0 amide bonds. The third-order valence-corrected chi connectivity index (χ3v) is 3.22. The molecule has 5 nitrogen and oxygen atoms in total. The summed E-state index contributed by atoms with van der Waals surface area (Å²) in [7, 11) is 3.56. The monoisotopic (exact) mass is 271 g/mol. The van der Waals surface area contributed by atoms with E-state index in [-0.39, 0.29) is 34.7 Å². The third-order valence-electron chi connectivity index (χ3n) is 3.22. The first-order valence-corrected chi connectivity index (χ1v) is 4.38. The second kappa shape index (κ2) is 4.87. The van der Waals surface area contributed by atoms with Gasteiger partial charge in [-0.1, -0.05) is 0 Å². The van der Waals surface area contributed by atoms with Crippen molar-refractivity contribution in [1.82, 2.24) is 0 Å². The number of quaternary nitrogens is 1. The number of halogens is 1. The number of likely N-dealkylation sites (N-methyl/N-ethyl adjacent to an activating group) is 1. The standard InChI is InChI=1S/C8H18NO4.BrH/c1-9(2)5(3-10)7(12)8(13)6(9)4-11;/h5-8,10-13H,3-4H2,1-2H3;1H/q+1;/p-1/t5-,6-,7-,8-;/m0./s1. The summed E-state index contributed by atoms with van der Waals surface area (Å²) in [4.78, 5) is 0. The number of nitrogens with zero attached hydrogens (tertiary/aromatic N) is 1. The molecule has 14 heavy (non-hydrogen) atoms. The molecule has 0 aromatic heterocycles. The van der Waals surface area contributed by atoms with Crippen LogP contribution in [0.25, 0.3) is 0 Å². The average molecular weight is 272 g/mol. The maximum Gasteiger partial charge on any atom is 0.141 e. The summed E-state index contributed by atoms with van der Waals surface area (Å²) in [6, 6.07) is -0.848. The predicted molar refractivity (Wildman–Crippen MR) is 45.9 cm³/mol. The zero-order chi connectivity index (χ0) is 10.2. The van der Waals surface area contributed by atoms with Crippen LogP contribution in [0.4, 0.5) is 0 Å². The Morgan fingerprint density at radius 3 is 1.36 bits per heavy atom. The Morgan fingerprint density at radius 1 is 0.929 bits per heavy atom. The van der Waals surface area contributed by atoms with Gasteiger partial charge in [0, 0.05) is 0 Å². The molecule has 0 aromatic rings. The fraction of sp³-hybridized carbons (Fsp3) is 1.00. The van der Waals surface area contributed by atoms with Crippen molar-refractivity contribution in [3.63, 3.8) is 0 Å². The summed E-state index contributed by atoms with van der Waals surface area (Å²) in [5, 5.41) is 37.2. The number of rotatable bonds is 2. The lowest BCUT2D eigenvalue weighted by Gasteiger charge is -2.35. The molecule has 0 aromatic carbocycles. The summed E-state index contributed by atoms with van der Waals surface area (Å²) >= 11 is 0. The van der Waals surface area contributed by atoms with Gasteiger partial charge in [0.25, 0.3) is 0 Å². The van der Waals surface area contributed by atoms with E-state index in [2.05, 4.69) is 0 Å². The number of hydrogen-bond acceptors (Lipinski definition) is 4. The highest BCUT2D eigenvalue weighted by Crippen LogP contribution is 2.29. The number of aliphatic hydroxyl groups is 4. The van der Waals surface area contributed by atoms with Gasteiger partial charge in [0.2, 0.25) is 0 Å². The molecule has 0 bridgehead atoms. The fourth-order valence-electron chi connectivity index (χ4n) is 2.13. The highest BCUT2D eigenvalue weighted by atomic mass is 79.9. The first kappa shape index (κ1) is 14.3. The maximum absolute atomic E-state index is 9.56. The van der Waals surface area contributed by atoms with Crippen LogP contribution in [0.1, 0.15) is 0 Å². The van der Waals surface area contributed by atoms with E-state index in [9.17, 15) is 10.2 Å². The molecule has 4 atom stereocenters. The van der Waals surface area contributed by atoms with Crippen LogP contribution in [0, 0.1) is 0 Å². The van der Waals surface area contributed by atoms with E-state index in [1.807, 2.05) is 0 Å². The molecule has 4 N–H and O–H groups in total. The summed E-state index contributed by atoms with van der Waals surface area (Å²) in [5.74, 6) is 0. The van der Waals surface area contributed by atoms with Crippen molar-refractivity contribution in [3.05, 3.63) is 0 Å². The molecule has 0 saturated carbocycles. The molecule has 0 spiro atoms. The molecule has 0 radical (unpaired) electrons. The van der Waals surface area contributed by atoms with E-state index < -0.39 is 24.3 Å². The molecule has 6 heteroatoms. The third kappa shape index (κ3) is 1.95. The summed E-state index contributed by atoms with van der Waals surface area (Å²) < 4.78 is 0.245. The molecule has 1 saturated heterocycles. The van der Waals surface area contributed by atoms with Gasteiger partial charge in [-0.2, -0.15) is 0 Å². The van der Waals surface area contributed by atoms with Crippen LogP contribution in [-0.4, -0.2) is 76.5 Å².